The monoisotopic (exact) mass is 347 g/mol. The van der Waals surface area contributed by atoms with Gasteiger partial charge in [0, 0.05) is 5.56 Å². The van der Waals surface area contributed by atoms with Gasteiger partial charge in [-0.2, -0.15) is 4.99 Å². The molecule has 0 aliphatic carbocycles. The molecule has 3 rings (SSSR count). The number of nitrogens with two attached hydrogens (primary N) is 1. The number of fused-ring (bicyclic) bond motifs is 1. The molecule has 3 N–H and O–H groups in total. The lowest BCUT2D eigenvalue weighted by atomic mass is 10.2. The van der Waals surface area contributed by atoms with Gasteiger partial charge in [-0.1, -0.05) is 18.2 Å². The van der Waals surface area contributed by atoms with Crippen LogP contribution in [0.5, 0.6) is 5.75 Å². The summed E-state index contributed by atoms with van der Waals surface area (Å²) in [4.78, 5) is 4.35. The van der Waals surface area contributed by atoms with Gasteiger partial charge >= 0.3 is 0 Å². The van der Waals surface area contributed by atoms with Crippen LogP contribution in [0.2, 0.25) is 0 Å². The van der Waals surface area contributed by atoms with Crippen LogP contribution in [0.1, 0.15) is 5.56 Å². The lowest BCUT2D eigenvalue weighted by molar-refractivity contribution is 0.262. The lowest BCUT2D eigenvalue weighted by Crippen LogP contribution is -2.31. The molecule has 2 aromatic carbocycles. The summed E-state index contributed by atoms with van der Waals surface area (Å²) in [5, 5.41) is 8.15. The first-order valence-corrected chi connectivity index (χ1v) is 8.86. The van der Waals surface area contributed by atoms with Crippen molar-refractivity contribution in [2.45, 2.75) is 11.5 Å². The number of amidine groups is 1. The Bertz CT molecular complexity index is 851. The first-order chi connectivity index (χ1) is 11.5. The van der Waals surface area contributed by atoms with Crippen LogP contribution in [0, 0.1) is 0 Å². The third-order valence-electron chi connectivity index (χ3n) is 3.36. The number of aliphatic imine (C=N–C) groups is 1. The van der Waals surface area contributed by atoms with E-state index >= 15 is 0 Å². The normalized spacial score (nSPS) is 13.5. The zero-order chi connectivity index (χ0) is 17.0. The van der Waals surface area contributed by atoms with E-state index in [1.54, 1.807) is 6.07 Å². The average molecular weight is 347 g/mol. The van der Waals surface area contributed by atoms with E-state index in [0.717, 1.165) is 5.75 Å². The Balaban J connectivity index is 1.58. The highest BCUT2D eigenvalue weighted by atomic mass is 32.2. The number of para-hydroxylation sites is 1. The molecule has 1 aliphatic rings. The van der Waals surface area contributed by atoms with Crippen LogP contribution in [-0.4, -0.2) is 27.6 Å². The maximum Gasteiger partial charge on any atom is 0.290 e. The molecule has 0 amide bonds. The van der Waals surface area contributed by atoms with Crippen molar-refractivity contribution in [2.75, 3.05) is 13.2 Å². The second-order valence-corrected chi connectivity index (χ2v) is 6.69. The van der Waals surface area contributed by atoms with Crippen molar-refractivity contribution < 1.29 is 17.9 Å². The van der Waals surface area contributed by atoms with Crippen LogP contribution in [0.3, 0.4) is 0 Å². The molecule has 0 fully saturated rings. The second kappa shape index (κ2) is 6.90. The number of benzene rings is 2. The van der Waals surface area contributed by atoms with Crippen molar-refractivity contribution in [3.05, 3.63) is 54.1 Å². The largest absolute Gasteiger partial charge is 0.492 e. The molecule has 24 heavy (non-hydrogen) atoms. The Morgan fingerprint density at radius 2 is 2.00 bits per heavy atom. The Hall–Kier alpha value is -2.58. The van der Waals surface area contributed by atoms with Crippen molar-refractivity contribution in [3.8, 4) is 5.75 Å². The Labute approximate surface area is 140 Å². The van der Waals surface area contributed by atoms with Gasteiger partial charge < -0.3 is 14.8 Å². The third kappa shape index (κ3) is 4.03. The van der Waals surface area contributed by atoms with E-state index in [2.05, 4.69) is 10.3 Å². The summed E-state index contributed by atoms with van der Waals surface area (Å²) in [5.41, 5.74) is 1.33. The number of ether oxygens (including phenoxy) is 2. The standard InChI is InChI=1S/C16H17N3O4S/c17-24(20,21)14-6-7-15-12(10-14)11-23-16(19-15)18-8-9-22-13-4-2-1-3-5-13/h1-7,10H,8-9,11H2,(H,18,19)(H2,17,20,21). The molecule has 0 radical (unpaired) electrons. The number of rotatable bonds is 5. The van der Waals surface area contributed by atoms with Gasteiger partial charge in [0.1, 0.15) is 19.0 Å². The minimum absolute atomic E-state index is 0.0488. The minimum atomic E-state index is -3.73. The molecular formula is C16H17N3O4S. The fourth-order valence-corrected chi connectivity index (χ4v) is 2.75. The predicted molar refractivity (Wildman–Crippen MR) is 89.6 cm³/mol. The fraction of sp³-hybridized carbons (Fsp3) is 0.188. The van der Waals surface area contributed by atoms with Crippen LogP contribution >= 0.6 is 0 Å². The number of nitrogens with zero attached hydrogens (tertiary/aromatic N) is 1. The van der Waals surface area contributed by atoms with Crippen LogP contribution in [0.15, 0.2) is 58.4 Å². The molecule has 8 heteroatoms. The van der Waals surface area contributed by atoms with Gasteiger partial charge in [-0.3, -0.25) is 0 Å². The van der Waals surface area contributed by atoms with Crippen molar-refractivity contribution in [2.24, 2.45) is 10.1 Å². The maximum atomic E-state index is 11.3. The molecule has 7 nitrogen and oxygen atoms in total. The van der Waals surface area contributed by atoms with Gasteiger partial charge in [0.25, 0.3) is 6.02 Å². The van der Waals surface area contributed by atoms with Crippen LogP contribution < -0.4 is 15.2 Å². The minimum Gasteiger partial charge on any atom is -0.492 e. The highest BCUT2D eigenvalue weighted by molar-refractivity contribution is 7.89. The van der Waals surface area contributed by atoms with Gasteiger partial charge in [-0.25, -0.2) is 13.6 Å². The molecule has 0 aromatic heterocycles. The van der Waals surface area contributed by atoms with E-state index in [0.29, 0.717) is 30.4 Å². The van der Waals surface area contributed by atoms with E-state index in [-0.39, 0.29) is 11.5 Å². The third-order valence-corrected chi connectivity index (χ3v) is 4.27. The molecule has 0 spiro atoms. The molecular weight excluding hydrogens is 330 g/mol. The summed E-state index contributed by atoms with van der Waals surface area (Å²) in [6.45, 7) is 1.21. The number of primary sulfonamides is 1. The smallest absolute Gasteiger partial charge is 0.290 e. The zero-order valence-electron chi connectivity index (χ0n) is 12.8. The van der Waals surface area contributed by atoms with Gasteiger partial charge in [-0.05, 0) is 30.3 Å². The zero-order valence-corrected chi connectivity index (χ0v) is 13.6. The van der Waals surface area contributed by atoms with Crippen molar-refractivity contribution >= 4 is 21.7 Å². The summed E-state index contributed by atoms with van der Waals surface area (Å²) < 4.78 is 33.7. The predicted octanol–water partition coefficient (Wildman–Crippen LogP) is 1.52. The number of nitrogens with one attached hydrogen (secondary N) is 1. The Morgan fingerprint density at radius 3 is 2.75 bits per heavy atom. The summed E-state index contributed by atoms with van der Waals surface area (Å²) in [6, 6.07) is 14.4. The van der Waals surface area contributed by atoms with Crippen LogP contribution in [0.4, 0.5) is 5.69 Å². The number of hydrogen-bond donors (Lipinski definition) is 2. The van der Waals surface area contributed by atoms with Gasteiger partial charge in [0.2, 0.25) is 10.0 Å². The van der Waals surface area contributed by atoms with Crippen LogP contribution in [0.25, 0.3) is 0 Å². The molecule has 126 valence electrons. The van der Waals surface area contributed by atoms with Gasteiger partial charge in [0.05, 0.1) is 17.1 Å². The molecule has 1 aliphatic heterocycles. The van der Waals surface area contributed by atoms with Crippen LogP contribution in [-0.2, 0) is 21.4 Å². The first-order valence-electron chi connectivity index (χ1n) is 7.31. The van der Waals surface area contributed by atoms with Crippen molar-refractivity contribution in [1.82, 2.24) is 5.32 Å². The Kier molecular flexibility index (Phi) is 4.68. The molecule has 0 saturated heterocycles. The summed E-state index contributed by atoms with van der Waals surface area (Å²) in [7, 11) is -3.73. The maximum absolute atomic E-state index is 11.3. The molecule has 1 heterocycles. The van der Waals surface area contributed by atoms with E-state index in [4.69, 9.17) is 14.6 Å². The molecule has 0 bridgehead atoms. The molecule has 2 aromatic rings. The number of sulfonamides is 1. The van der Waals surface area contributed by atoms with E-state index < -0.39 is 10.0 Å². The van der Waals surface area contributed by atoms with Crippen molar-refractivity contribution in [1.29, 1.82) is 0 Å². The van der Waals surface area contributed by atoms with Gasteiger partial charge in [-0.15, -0.1) is 0 Å². The summed E-state index contributed by atoms with van der Waals surface area (Å²) in [5.74, 6) is 0.798. The molecule has 0 saturated carbocycles. The average Bonchev–Trinajstić information content (AvgIpc) is 2.58. The molecule has 0 atom stereocenters. The van der Waals surface area contributed by atoms with E-state index in [1.807, 2.05) is 30.3 Å². The lowest BCUT2D eigenvalue weighted by Gasteiger charge is -2.18. The SMILES string of the molecule is NS(=O)(=O)c1ccc2c(c1)COC(NCCOc1ccccc1)=N2. The van der Waals surface area contributed by atoms with Crippen molar-refractivity contribution in [3.63, 3.8) is 0 Å². The summed E-state index contributed by atoms with van der Waals surface area (Å²) >= 11 is 0. The first kappa shape index (κ1) is 16.3. The summed E-state index contributed by atoms with van der Waals surface area (Å²) in [6.07, 6.45) is 0. The van der Waals surface area contributed by atoms with E-state index in [9.17, 15) is 8.42 Å². The van der Waals surface area contributed by atoms with E-state index in [1.165, 1.54) is 12.1 Å². The number of hydrogen-bond acceptors (Lipinski definition) is 6. The highest BCUT2D eigenvalue weighted by Gasteiger charge is 2.16. The fourth-order valence-electron chi connectivity index (χ4n) is 2.19. The topological polar surface area (TPSA) is 103 Å². The Morgan fingerprint density at radius 1 is 1.21 bits per heavy atom. The van der Waals surface area contributed by atoms with Gasteiger partial charge in [0.15, 0.2) is 0 Å². The molecule has 0 unspecified atom stereocenters. The highest BCUT2D eigenvalue weighted by Crippen LogP contribution is 2.26. The quantitative estimate of drug-likeness (QED) is 0.798. The second-order valence-electron chi connectivity index (χ2n) is 5.13.